The van der Waals surface area contributed by atoms with Gasteiger partial charge in [-0.15, -0.1) is 0 Å². The Morgan fingerprint density at radius 3 is 2.87 bits per heavy atom. The predicted molar refractivity (Wildman–Crippen MR) is 117 cm³/mol. The van der Waals surface area contributed by atoms with Crippen LogP contribution in [0.5, 0.6) is 0 Å². The predicted octanol–water partition coefficient (Wildman–Crippen LogP) is 4.32. The van der Waals surface area contributed by atoms with Crippen LogP contribution in [0, 0.1) is 46.3 Å². The molecule has 1 N–H and O–H groups in total. The van der Waals surface area contributed by atoms with E-state index in [2.05, 4.69) is 18.1 Å². The molecule has 0 saturated heterocycles. The van der Waals surface area contributed by atoms with Gasteiger partial charge >= 0.3 is 0 Å². The number of aliphatic hydroxyl groups is 1. The Labute approximate surface area is 186 Å². The van der Waals surface area contributed by atoms with Crippen molar-refractivity contribution >= 4 is 5.78 Å². The zero-order chi connectivity index (χ0) is 22.2. The SMILES string of the molecule is COC(C)(O)CC[C@H]1CCC[C@@H]2[C@@H]1CC[C@]1(C)[C@@H](C(=O)Cn3cc(C#N)cn3)CC[C@@H]21. The molecule has 1 heterocycles. The van der Waals surface area contributed by atoms with Crippen molar-refractivity contribution in [2.45, 2.75) is 84.0 Å². The van der Waals surface area contributed by atoms with Crippen molar-refractivity contribution in [2.24, 2.45) is 35.0 Å². The molecular formula is C25H37N3O3. The summed E-state index contributed by atoms with van der Waals surface area (Å²) < 4.78 is 6.87. The Balaban J connectivity index is 1.44. The van der Waals surface area contributed by atoms with Crippen molar-refractivity contribution in [1.29, 1.82) is 5.26 Å². The summed E-state index contributed by atoms with van der Waals surface area (Å²) in [5.41, 5.74) is 0.591. The van der Waals surface area contributed by atoms with Gasteiger partial charge in [0.2, 0.25) is 0 Å². The van der Waals surface area contributed by atoms with Gasteiger partial charge in [0.15, 0.2) is 11.6 Å². The summed E-state index contributed by atoms with van der Waals surface area (Å²) >= 11 is 0. The van der Waals surface area contributed by atoms with Crippen LogP contribution in [0.1, 0.15) is 77.2 Å². The second-order valence-corrected chi connectivity index (χ2v) is 10.7. The van der Waals surface area contributed by atoms with E-state index in [-0.39, 0.29) is 23.7 Å². The first-order valence-corrected chi connectivity index (χ1v) is 12.0. The van der Waals surface area contributed by atoms with E-state index in [1.54, 1.807) is 24.9 Å². The molecule has 0 amide bonds. The Morgan fingerprint density at radius 1 is 1.35 bits per heavy atom. The lowest BCUT2D eigenvalue weighted by atomic mass is 9.52. The van der Waals surface area contributed by atoms with Crippen LogP contribution in [0.4, 0.5) is 0 Å². The first kappa shape index (κ1) is 22.5. The van der Waals surface area contributed by atoms with Crippen LogP contribution in [0.2, 0.25) is 0 Å². The monoisotopic (exact) mass is 427 g/mol. The highest BCUT2D eigenvalue weighted by atomic mass is 16.6. The van der Waals surface area contributed by atoms with E-state index in [1.807, 2.05) is 0 Å². The normalized spacial score (nSPS) is 36.8. The Hall–Kier alpha value is -1.71. The fraction of sp³-hybridized carbons (Fsp3) is 0.800. The number of carbonyl (C=O) groups excluding carboxylic acids is 1. The number of rotatable bonds is 7. The highest BCUT2D eigenvalue weighted by Crippen LogP contribution is 2.63. The average molecular weight is 428 g/mol. The second kappa shape index (κ2) is 8.67. The van der Waals surface area contributed by atoms with Crippen LogP contribution in [0.3, 0.4) is 0 Å². The Bertz CT molecular complexity index is 841. The lowest BCUT2D eigenvalue weighted by Gasteiger charge is -2.53. The topological polar surface area (TPSA) is 88.1 Å². The molecule has 0 bridgehead atoms. The standard InChI is InChI=1S/C25H37N3O3/c1-24-11-10-19-18(9-12-25(2,30)31-3)5-4-6-20(19)21(24)7-8-22(24)23(29)16-28-15-17(13-26)14-27-28/h14-15,18-22,30H,4-12,16H2,1-3H3/t18-,19-,20-,21+,22-,24+,25?/m1/s1. The molecule has 0 aromatic carbocycles. The lowest BCUT2D eigenvalue weighted by Crippen LogP contribution is -2.47. The summed E-state index contributed by atoms with van der Waals surface area (Å²) in [6.07, 6.45) is 13.2. The van der Waals surface area contributed by atoms with Gasteiger partial charge in [-0.1, -0.05) is 19.8 Å². The van der Waals surface area contributed by atoms with Gasteiger partial charge in [-0.2, -0.15) is 10.4 Å². The molecule has 3 saturated carbocycles. The first-order chi connectivity index (χ1) is 14.8. The van der Waals surface area contributed by atoms with Crippen LogP contribution in [0.25, 0.3) is 0 Å². The van der Waals surface area contributed by atoms with Gasteiger partial charge in [0.1, 0.15) is 6.07 Å². The third-order valence-electron chi connectivity index (χ3n) is 9.10. The molecule has 0 aliphatic heterocycles. The number of nitrogens with zero attached hydrogens (tertiary/aromatic N) is 3. The highest BCUT2D eigenvalue weighted by Gasteiger charge is 2.56. The maximum absolute atomic E-state index is 13.3. The number of Topliss-reactive ketones (excluding diaryl/α,β-unsaturated/α-hetero) is 1. The molecule has 170 valence electrons. The molecule has 1 unspecified atom stereocenters. The van der Waals surface area contributed by atoms with Gasteiger partial charge in [-0.05, 0) is 74.5 Å². The van der Waals surface area contributed by atoms with Crippen molar-refractivity contribution in [3.63, 3.8) is 0 Å². The fourth-order valence-electron chi connectivity index (χ4n) is 7.37. The van der Waals surface area contributed by atoms with E-state index in [9.17, 15) is 9.90 Å². The van der Waals surface area contributed by atoms with Gasteiger partial charge in [0.05, 0.1) is 18.3 Å². The quantitative estimate of drug-likeness (QED) is 0.655. The summed E-state index contributed by atoms with van der Waals surface area (Å²) in [6.45, 7) is 4.40. The number of methoxy groups -OCH3 is 1. The fourth-order valence-corrected chi connectivity index (χ4v) is 7.37. The molecular weight excluding hydrogens is 390 g/mol. The molecule has 0 radical (unpaired) electrons. The van der Waals surface area contributed by atoms with Crippen molar-refractivity contribution in [3.05, 3.63) is 18.0 Å². The molecule has 0 spiro atoms. The molecule has 6 nitrogen and oxygen atoms in total. The van der Waals surface area contributed by atoms with Gasteiger partial charge in [0.25, 0.3) is 0 Å². The van der Waals surface area contributed by atoms with Crippen molar-refractivity contribution in [1.82, 2.24) is 9.78 Å². The first-order valence-electron chi connectivity index (χ1n) is 12.0. The van der Waals surface area contributed by atoms with Crippen LogP contribution in [-0.4, -0.2) is 33.6 Å². The summed E-state index contributed by atoms with van der Waals surface area (Å²) in [4.78, 5) is 13.3. The summed E-state index contributed by atoms with van der Waals surface area (Å²) in [7, 11) is 1.58. The number of ketones is 1. The van der Waals surface area contributed by atoms with E-state index in [4.69, 9.17) is 10.00 Å². The highest BCUT2D eigenvalue weighted by molar-refractivity contribution is 5.82. The number of fused-ring (bicyclic) bond motifs is 3. The molecule has 3 aliphatic rings. The summed E-state index contributed by atoms with van der Waals surface area (Å²) in [6, 6.07) is 2.08. The van der Waals surface area contributed by atoms with Crippen molar-refractivity contribution in [2.75, 3.05) is 7.11 Å². The van der Waals surface area contributed by atoms with Crippen LogP contribution in [-0.2, 0) is 16.1 Å². The minimum Gasteiger partial charge on any atom is -0.366 e. The number of aromatic nitrogens is 2. The molecule has 4 rings (SSSR count). The van der Waals surface area contributed by atoms with Gasteiger partial charge < -0.3 is 9.84 Å². The van der Waals surface area contributed by atoms with E-state index < -0.39 is 5.79 Å². The number of ether oxygens (including phenoxy) is 1. The number of hydrogen-bond donors (Lipinski definition) is 1. The molecule has 3 fully saturated rings. The Morgan fingerprint density at radius 2 is 2.16 bits per heavy atom. The third kappa shape index (κ3) is 4.32. The average Bonchev–Trinajstić information content (AvgIpc) is 3.35. The molecule has 6 heteroatoms. The van der Waals surface area contributed by atoms with Gasteiger partial charge in [-0.25, -0.2) is 0 Å². The Kier molecular flexibility index (Phi) is 6.29. The van der Waals surface area contributed by atoms with Crippen LogP contribution < -0.4 is 0 Å². The van der Waals surface area contributed by atoms with E-state index in [0.29, 0.717) is 29.7 Å². The smallest absolute Gasteiger partial charge is 0.162 e. The van der Waals surface area contributed by atoms with E-state index >= 15 is 0 Å². The van der Waals surface area contributed by atoms with Crippen LogP contribution in [0.15, 0.2) is 12.4 Å². The second-order valence-electron chi connectivity index (χ2n) is 10.7. The largest absolute Gasteiger partial charge is 0.366 e. The van der Waals surface area contributed by atoms with Gasteiger partial charge in [-0.3, -0.25) is 9.48 Å². The minimum atomic E-state index is -1.03. The maximum atomic E-state index is 13.3. The summed E-state index contributed by atoms with van der Waals surface area (Å²) in [5, 5.41) is 23.5. The van der Waals surface area contributed by atoms with Crippen molar-refractivity contribution < 1.29 is 14.6 Å². The molecule has 1 aromatic rings. The zero-order valence-electron chi connectivity index (χ0n) is 19.2. The number of hydrogen-bond acceptors (Lipinski definition) is 5. The van der Waals surface area contributed by atoms with Crippen molar-refractivity contribution in [3.8, 4) is 6.07 Å². The molecule has 3 aliphatic carbocycles. The molecule has 31 heavy (non-hydrogen) atoms. The molecule has 1 aromatic heterocycles. The number of nitriles is 1. The molecule has 7 atom stereocenters. The van der Waals surface area contributed by atoms with E-state index in [1.165, 1.54) is 31.9 Å². The van der Waals surface area contributed by atoms with Crippen LogP contribution >= 0.6 is 0 Å². The van der Waals surface area contributed by atoms with Gasteiger partial charge in [0, 0.05) is 25.6 Å². The lowest BCUT2D eigenvalue weighted by molar-refractivity contribution is -0.179. The van der Waals surface area contributed by atoms with E-state index in [0.717, 1.165) is 31.6 Å². The number of carbonyl (C=O) groups is 1. The maximum Gasteiger partial charge on any atom is 0.162 e. The minimum absolute atomic E-state index is 0.0867. The summed E-state index contributed by atoms with van der Waals surface area (Å²) in [5.74, 6) is 2.06. The third-order valence-corrected chi connectivity index (χ3v) is 9.10. The zero-order valence-corrected chi connectivity index (χ0v) is 19.2.